The maximum atomic E-state index is 12.5. The number of aliphatic carboxylic acids is 1. The van der Waals surface area contributed by atoms with Crippen molar-refractivity contribution in [2.45, 2.75) is 19.0 Å². The molecule has 0 fully saturated rings. The van der Waals surface area contributed by atoms with Gasteiger partial charge in [0.05, 0.1) is 5.56 Å². The fourth-order valence-electron chi connectivity index (χ4n) is 1.84. The van der Waals surface area contributed by atoms with Crippen LogP contribution in [0.5, 0.6) is 0 Å². The molecule has 0 atom stereocenters. The van der Waals surface area contributed by atoms with Crippen LogP contribution >= 0.6 is 0 Å². The van der Waals surface area contributed by atoms with Gasteiger partial charge in [0.15, 0.2) is 0 Å². The van der Waals surface area contributed by atoms with Gasteiger partial charge in [0.2, 0.25) is 0 Å². The molecule has 1 aliphatic rings. The minimum Gasteiger partial charge on any atom is -0.478 e. The predicted molar refractivity (Wildman–Crippen MR) is 55.4 cm³/mol. The van der Waals surface area contributed by atoms with Crippen LogP contribution in [0.15, 0.2) is 23.8 Å². The van der Waals surface area contributed by atoms with Crippen molar-refractivity contribution in [2.24, 2.45) is 0 Å². The summed E-state index contributed by atoms with van der Waals surface area (Å²) in [6.07, 6.45) is -2.33. The summed E-state index contributed by atoms with van der Waals surface area (Å²) in [5.41, 5.74) is 0.646. The highest BCUT2D eigenvalue weighted by Gasteiger charge is 2.31. The summed E-state index contributed by atoms with van der Waals surface area (Å²) in [4.78, 5) is 10.7. The van der Waals surface area contributed by atoms with E-state index < -0.39 is 17.7 Å². The zero-order chi connectivity index (χ0) is 12.6. The van der Waals surface area contributed by atoms with E-state index in [2.05, 4.69) is 0 Å². The first-order valence-corrected chi connectivity index (χ1v) is 5.02. The van der Waals surface area contributed by atoms with Crippen molar-refractivity contribution >= 4 is 12.0 Å². The SMILES string of the molecule is O=C(O)C1=Cc2ccc(C(F)(F)F)cc2CC1. The second kappa shape index (κ2) is 3.91. The number of aryl methyl sites for hydroxylation is 1. The van der Waals surface area contributed by atoms with Gasteiger partial charge in [-0.05, 0) is 42.2 Å². The van der Waals surface area contributed by atoms with Gasteiger partial charge in [-0.1, -0.05) is 6.07 Å². The van der Waals surface area contributed by atoms with Gasteiger partial charge >= 0.3 is 12.1 Å². The van der Waals surface area contributed by atoms with E-state index in [9.17, 15) is 18.0 Å². The molecule has 0 heterocycles. The number of benzene rings is 1. The van der Waals surface area contributed by atoms with Crippen molar-refractivity contribution in [2.75, 3.05) is 0 Å². The zero-order valence-electron chi connectivity index (χ0n) is 8.71. The molecule has 1 aromatic rings. The third-order valence-electron chi connectivity index (χ3n) is 2.74. The van der Waals surface area contributed by atoms with Gasteiger partial charge in [0.1, 0.15) is 0 Å². The molecule has 0 amide bonds. The van der Waals surface area contributed by atoms with E-state index in [1.54, 1.807) is 0 Å². The number of halogens is 3. The Hall–Kier alpha value is -1.78. The number of hydrogen-bond acceptors (Lipinski definition) is 1. The highest BCUT2D eigenvalue weighted by molar-refractivity contribution is 5.93. The first kappa shape index (κ1) is 11.7. The highest BCUT2D eigenvalue weighted by atomic mass is 19.4. The van der Waals surface area contributed by atoms with Crippen LogP contribution in [-0.2, 0) is 17.4 Å². The topological polar surface area (TPSA) is 37.3 Å². The van der Waals surface area contributed by atoms with E-state index >= 15 is 0 Å². The van der Waals surface area contributed by atoms with Crippen LogP contribution in [0.4, 0.5) is 13.2 Å². The molecule has 1 aromatic carbocycles. The molecule has 17 heavy (non-hydrogen) atoms. The van der Waals surface area contributed by atoms with Crippen LogP contribution in [0.25, 0.3) is 6.08 Å². The summed E-state index contributed by atoms with van der Waals surface area (Å²) >= 11 is 0. The Bertz CT molecular complexity index is 501. The predicted octanol–water partition coefficient (Wildman–Crippen LogP) is 3.12. The van der Waals surface area contributed by atoms with Crippen LogP contribution in [0.3, 0.4) is 0 Å². The molecule has 0 bridgehead atoms. The summed E-state index contributed by atoms with van der Waals surface area (Å²) in [5.74, 6) is -1.02. The maximum Gasteiger partial charge on any atom is 0.416 e. The lowest BCUT2D eigenvalue weighted by molar-refractivity contribution is -0.137. The molecule has 2 rings (SSSR count). The molecule has 0 aromatic heterocycles. The Balaban J connectivity index is 2.42. The van der Waals surface area contributed by atoms with Crippen molar-refractivity contribution in [3.05, 3.63) is 40.5 Å². The van der Waals surface area contributed by atoms with Gasteiger partial charge in [-0.2, -0.15) is 13.2 Å². The lowest BCUT2D eigenvalue weighted by atomic mass is 9.91. The number of carboxylic acids is 1. The van der Waals surface area contributed by atoms with Gasteiger partial charge in [0, 0.05) is 5.57 Å². The number of rotatable bonds is 1. The first-order valence-electron chi connectivity index (χ1n) is 5.02. The molecular formula is C12H9F3O2. The summed E-state index contributed by atoms with van der Waals surface area (Å²) in [6.45, 7) is 0. The second-order valence-corrected chi connectivity index (χ2v) is 3.89. The number of fused-ring (bicyclic) bond motifs is 1. The van der Waals surface area contributed by atoms with Crippen LogP contribution < -0.4 is 0 Å². The molecule has 0 saturated heterocycles. The lowest BCUT2D eigenvalue weighted by Gasteiger charge is -2.16. The molecule has 1 aliphatic carbocycles. The second-order valence-electron chi connectivity index (χ2n) is 3.89. The van der Waals surface area contributed by atoms with E-state index in [4.69, 9.17) is 5.11 Å². The minimum absolute atomic E-state index is 0.234. The van der Waals surface area contributed by atoms with Crippen molar-refractivity contribution in [3.8, 4) is 0 Å². The number of alkyl halides is 3. The number of carboxylic acid groups (broad SMARTS) is 1. The molecule has 1 N–H and O–H groups in total. The van der Waals surface area contributed by atoms with Gasteiger partial charge in [0.25, 0.3) is 0 Å². The van der Waals surface area contributed by atoms with Crippen molar-refractivity contribution in [1.82, 2.24) is 0 Å². The normalized spacial score (nSPS) is 15.1. The van der Waals surface area contributed by atoms with E-state index in [0.717, 1.165) is 12.1 Å². The number of hydrogen-bond donors (Lipinski definition) is 1. The van der Waals surface area contributed by atoms with Crippen molar-refractivity contribution < 1.29 is 23.1 Å². The quantitative estimate of drug-likeness (QED) is 0.821. The standard InChI is InChI=1S/C12H9F3O2/c13-12(14,15)10-4-3-7-5-9(11(16)17)2-1-8(7)6-10/h3-6H,1-2H2,(H,16,17). The maximum absolute atomic E-state index is 12.5. The summed E-state index contributed by atoms with van der Waals surface area (Å²) in [6, 6.07) is 3.38. The van der Waals surface area contributed by atoms with Crippen LogP contribution in [0, 0.1) is 0 Å². The molecule has 0 aliphatic heterocycles. The van der Waals surface area contributed by atoms with Crippen molar-refractivity contribution in [1.29, 1.82) is 0 Å². The fraction of sp³-hybridized carbons (Fsp3) is 0.250. The smallest absolute Gasteiger partial charge is 0.416 e. The van der Waals surface area contributed by atoms with Crippen LogP contribution in [0.2, 0.25) is 0 Å². The third-order valence-corrected chi connectivity index (χ3v) is 2.74. The largest absolute Gasteiger partial charge is 0.478 e. The highest BCUT2D eigenvalue weighted by Crippen LogP contribution is 2.33. The summed E-state index contributed by atoms with van der Waals surface area (Å²) < 4.78 is 37.4. The Kier molecular flexibility index (Phi) is 2.69. The molecular weight excluding hydrogens is 233 g/mol. The van der Waals surface area contributed by atoms with Gasteiger partial charge < -0.3 is 5.11 Å². The van der Waals surface area contributed by atoms with E-state index in [1.165, 1.54) is 12.1 Å². The van der Waals surface area contributed by atoms with Gasteiger partial charge in [-0.25, -0.2) is 4.79 Å². The molecule has 90 valence electrons. The molecule has 0 radical (unpaired) electrons. The average Bonchev–Trinajstić information content (AvgIpc) is 2.26. The molecule has 5 heteroatoms. The van der Waals surface area contributed by atoms with Gasteiger partial charge in [-0.15, -0.1) is 0 Å². The molecule has 0 unspecified atom stereocenters. The molecule has 0 spiro atoms. The van der Waals surface area contributed by atoms with Gasteiger partial charge in [-0.3, -0.25) is 0 Å². The van der Waals surface area contributed by atoms with E-state index in [0.29, 0.717) is 17.5 Å². The fourth-order valence-corrected chi connectivity index (χ4v) is 1.84. The van der Waals surface area contributed by atoms with Crippen LogP contribution in [-0.4, -0.2) is 11.1 Å². The number of carbonyl (C=O) groups is 1. The Morgan fingerprint density at radius 2 is 1.94 bits per heavy atom. The van der Waals surface area contributed by atoms with Crippen LogP contribution in [0.1, 0.15) is 23.1 Å². The summed E-state index contributed by atoms with van der Waals surface area (Å²) in [7, 11) is 0. The van der Waals surface area contributed by atoms with E-state index in [-0.39, 0.29) is 12.0 Å². The zero-order valence-corrected chi connectivity index (χ0v) is 8.71. The lowest BCUT2D eigenvalue weighted by Crippen LogP contribution is -2.10. The molecule has 2 nitrogen and oxygen atoms in total. The Morgan fingerprint density at radius 1 is 1.24 bits per heavy atom. The third kappa shape index (κ3) is 2.33. The Morgan fingerprint density at radius 3 is 2.53 bits per heavy atom. The van der Waals surface area contributed by atoms with E-state index in [1.807, 2.05) is 0 Å². The first-order chi connectivity index (χ1) is 7.88. The monoisotopic (exact) mass is 242 g/mol. The summed E-state index contributed by atoms with van der Waals surface area (Å²) in [5, 5.41) is 8.80. The minimum atomic E-state index is -4.36. The average molecular weight is 242 g/mol. The van der Waals surface area contributed by atoms with Crippen molar-refractivity contribution in [3.63, 3.8) is 0 Å². The molecule has 0 saturated carbocycles. The Labute approximate surface area is 95.4 Å².